The zero-order valence-electron chi connectivity index (χ0n) is 16.3. The molecule has 1 amide bonds. The van der Waals surface area contributed by atoms with Crippen LogP contribution in [0.2, 0.25) is 0 Å². The highest BCUT2D eigenvalue weighted by molar-refractivity contribution is 5.78. The van der Waals surface area contributed by atoms with Gasteiger partial charge in [-0.1, -0.05) is 6.42 Å². The molecule has 1 saturated carbocycles. The molecule has 7 heteroatoms. The van der Waals surface area contributed by atoms with Gasteiger partial charge in [0.2, 0.25) is 11.9 Å². The molecule has 2 atom stereocenters. The van der Waals surface area contributed by atoms with Crippen LogP contribution in [-0.4, -0.2) is 84.7 Å². The Morgan fingerprint density at radius 3 is 2.63 bits per heavy atom. The van der Waals surface area contributed by atoms with Crippen molar-refractivity contribution in [3.05, 3.63) is 18.5 Å². The first-order valence-electron chi connectivity index (χ1n) is 10.3. The first-order valence-corrected chi connectivity index (χ1v) is 10.3. The molecule has 3 fully saturated rings. The van der Waals surface area contributed by atoms with E-state index in [9.17, 15) is 4.79 Å². The van der Waals surface area contributed by atoms with E-state index in [1.165, 1.54) is 19.3 Å². The fourth-order valence-electron chi connectivity index (χ4n) is 5.17. The Bertz CT molecular complexity index is 635. The number of carbonyl (C=O) groups excluding carboxylic acids is 1. The van der Waals surface area contributed by atoms with Gasteiger partial charge in [0.15, 0.2) is 0 Å². The van der Waals surface area contributed by atoms with Crippen molar-refractivity contribution in [2.45, 2.75) is 38.2 Å². The molecule has 7 nitrogen and oxygen atoms in total. The van der Waals surface area contributed by atoms with Gasteiger partial charge >= 0.3 is 0 Å². The number of ether oxygens (including phenoxy) is 1. The molecule has 2 aliphatic heterocycles. The lowest BCUT2D eigenvalue weighted by Crippen LogP contribution is -2.54. The zero-order valence-corrected chi connectivity index (χ0v) is 16.3. The molecule has 0 N–H and O–H groups in total. The quantitative estimate of drug-likeness (QED) is 0.795. The first kappa shape index (κ1) is 18.6. The van der Waals surface area contributed by atoms with Crippen LogP contribution in [-0.2, 0) is 9.53 Å². The average molecular weight is 374 g/mol. The molecule has 1 aliphatic carbocycles. The van der Waals surface area contributed by atoms with Gasteiger partial charge in [0.1, 0.15) is 0 Å². The summed E-state index contributed by atoms with van der Waals surface area (Å²) >= 11 is 0. The van der Waals surface area contributed by atoms with Gasteiger partial charge in [-0.05, 0) is 31.7 Å². The van der Waals surface area contributed by atoms with Crippen molar-refractivity contribution in [1.82, 2.24) is 19.8 Å². The molecule has 1 aromatic heterocycles. The number of methoxy groups -OCH3 is 1. The summed E-state index contributed by atoms with van der Waals surface area (Å²) in [6, 6.07) is 1.84. The van der Waals surface area contributed by atoms with Gasteiger partial charge in [-0.2, -0.15) is 0 Å². The van der Waals surface area contributed by atoms with E-state index in [0.717, 1.165) is 58.1 Å². The lowest BCUT2D eigenvalue weighted by Gasteiger charge is -2.44. The minimum Gasteiger partial charge on any atom is -0.381 e. The van der Waals surface area contributed by atoms with Crippen LogP contribution in [0, 0.1) is 5.41 Å². The van der Waals surface area contributed by atoms with Crippen LogP contribution in [0.15, 0.2) is 18.5 Å². The molecule has 0 radical (unpaired) electrons. The molecule has 27 heavy (non-hydrogen) atoms. The van der Waals surface area contributed by atoms with Crippen molar-refractivity contribution >= 4 is 11.9 Å². The van der Waals surface area contributed by atoms with Crippen molar-refractivity contribution < 1.29 is 9.53 Å². The monoisotopic (exact) mass is 373 g/mol. The fraction of sp³-hybridized carbons (Fsp3) is 0.750. The largest absolute Gasteiger partial charge is 0.381 e. The predicted octanol–water partition coefficient (Wildman–Crippen LogP) is 1.41. The van der Waals surface area contributed by atoms with Crippen molar-refractivity contribution in [2.24, 2.45) is 5.41 Å². The number of piperazine rings is 1. The van der Waals surface area contributed by atoms with Crippen molar-refractivity contribution in [1.29, 1.82) is 0 Å². The highest BCUT2D eigenvalue weighted by Crippen LogP contribution is 2.46. The Kier molecular flexibility index (Phi) is 5.59. The number of hydrogen-bond donors (Lipinski definition) is 0. The maximum absolute atomic E-state index is 13.0. The number of nitrogens with zero attached hydrogens (tertiary/aromatic N) is 5. The van der Waals surface area contributed by atoms with Crippen LogP contribution in [0.1, 0.15) is 32.1 Å². The molecule has 0 bridgehead atoms. The maximum Gasteiger partial charge on any atom is 0.236 e. The van der Waals surface area contributed by atoms with E-state index in [-0.39, 0.29) is 11.3 Å². The number of anilines is 1. The summed E-state index contributed by atoms with van der Waals surface area (Å²) in [5.74, 6) is 1.06. The summed E-state index contributed by atoms with van der Waals surface area (Å²) in [5, 5.41) is 0. The van der Waals surface area contributed by atoms with Crippen LogP contribution < -0.4 is 4.90 Å². The van der Waals surface area contributed by atoms with Crippen LogP contribution in [0.5, 0.6) is 0 Å². The Labute approximate surface area is 161 Å². The van der Waals surface area contributed by atoms with Gasteiger partial charge < -0.3 is 14.5 Å². The molecule has 1 aromatic rings. The second-order valence-corrected chi connectivity index (χ2v) is 8.21. The molecular weight excluding hydrogens is 342 g/mol. The lowest BCUT2D eigenvalue weighted by atomic mass is 9.76. The second kappa shape index (κ2) is 8.10. The third kappa shape index (κ3) is 3.94. The smallest absolute Gasteiger partial charge is 0.236 e. The number of piperidine rings is 1. The molecule has 148 valence electrons. The van der Waals surface area contributed by atoms with E-state index in [1.807, 2.05) is 13.2 Å². The van der Waals surface area contributed by atoms with E-state index < -0.39 is 0 Å². The van der Waals surface area contributed by atoms with Gasteiger partial charge in [-0.3, -0.25) is 9.69 Å². The minimum absolute atomic E-state index is 0.200. The molecule has 0 unspecified atom stereocenters. The Morgan fingerprint density at radius 1 is 1.15 bits per heavy atom. The van der Waals surface area contributed by atoms with E-state index in [1.54, 1.807) is 12.4 Å². The minimum atomic E-state index is 0.200. The molecule has 0 aromatic carbocycles. The van der Waals surface area contributed by atoms with Crippen molar-refractivity contribution in [2.75, 3.05) is 57.8 Å². The number of hydrogen-bond acceptors (Lipinski definition) is 6. The third-order valence-corrected chi connectivity index (χ3v) is 6.64. The van der Waals surface area contributed by atoms with E-state index in [0.29, 0.717) is 12.6 Å². The van der Waals surface area contributed by atoms with E-state index in [4.69, 9.17) is 4.74 Å². The molecule has 1 spiro atoms. The predicted molar refractivity (Wildman–Crippen MR) is 104 cm³/mol. The maximum atomic E-state index is 13.0. The zero-order chi connectivity index (χ0) is 18.7. The molecule has 3 aliphatic rings. The summed E-state index contributed by atoms with van der Waals surface area (Å²) in [6.45, 7) is 5.79. The Morgan fingerprint density at radius 2 is 1.89 bits per heavy atom. The average Bonchev–Trinajstić information content (AvgIpc) is 3.10. The van der Waals surface area contributed by atoms with Crippen molar-refractivity contribution in [3.8, 4) is 0 Å². The third-order valence-electron chi connectivity index (χ3n) is 6.64. The Hall–Kier alpha value is -1.73. The number of aromatic nitrogens is 2. The Balaban J connectivity index is 1.29. The van der Waals surface area contributed by atoms with Crippen LogP contribution in [0.25, 0.3) is 0 Å². The second-order valence-electron chi connectivity index (χ2n) is 8.21. The van der Waals surface area contributed by atoms with Gasteiger partial charge in [-0.25, -0.2) is 9.97 Å². The fourth-order valence-corrected chi connectivity index (χ4v) is 5.17. The highest BCUT2D eigenvalue weighted by atomic mass is 16.5. The molecule has 2 saturated heterocycles. The standard InChI is InChI=1S/C20H31N5O2/c1-27-17-5-2-6-20(17)7-3-10-25(16-20)18(26)15-23-11-13-24(14-12-23)19-21-8-4-9-22-19/h4,8-9,17H,2-3,5-7,10-16H2,1H3/t17-,20-/m1/s1. The number of amides is 1. The first-order chi connectivity index (χ1) is 13.2. The number of rotatable bonds is 4. The topological polar surface area (TPSA) is 61.8 Å². The van der Waals surface area contributed by atoms with E-state index >= 15 is 0 Å². The lowest BCUT2D eigenvalue weighted by molar-refractivity contribution is -0.138. The van der Waals surface area contributed by atoms with Crippen LogP contribution >= 0.6 is 0 Å². The number of likely N-dealkylation sites (tertiary alicyclic amines) is 1. The van der Waals surface area contributed by atoms with Gasteiger partial charge in [0.25, 0.3) is 0 Å². The van der Waals surface area contributed by atoms with Crippen LogP contribution in [0.4, 0.5) is 5.95 Å². The van der Waals surface area contributed by atoms with Crippen molar-refractivity contribution in [3.63, 3.8) is 0 Å². The summed E-state index contributed by atoms with van der Waals surface area (Å²) < 4.78 is 5.77. The molecule has 4 rings (SSSR count). The van der Waals surface area contributed by atoms with Gasteiger partial charge in [0, 0.05) is 64.2 Å². The molecular formula is C20H31N5O2. The van der Waals surface area contributed by atoms with E-state index in [2.05, 4.69) is 24.7 Å². The summed E-state index contributed by atoms with van der Waals surface area (Å²) in [6.07, 6.45) is 9.75. The molecule has 3 heterocycles. The van der Waals surface area contributed by atoms with Gasteiger partial charge in [-0.15, -0.1) is 0 Å². The van der Waals surface area contributed by atoms with Crippen LogP contribution in [0.3, 0.4) is 0 Å². The number of carbonyl (C=O) groups is 1. The SMILES string of the molecule is CO[C@@H]1CCC[C@]12CCCN(C(=O)CN1CCN(c3ncccn3)CC1)C2. The normalized spacial score (nSPS) is 29.4. The highest BCUT2D eigenvalue weighted by Gasteiger charge is 2.46. The van der Waals surface area contributed by atoms with Gasteiger partial charge in [0.05, 0.1) is 12.6 Å². The summed E-state index contributed by atoms with van der Waals surface area (Å²) in [4.78, 5) is 28.2. The summed E-state index contributed by atoms with van der Waals surface area (Å²) in [7, 11) is 1.83. The summed E-state index contributed by atoms with van der Waals surface area (Å²) in [5.41, 5.74) is 0.200.